The molecule has 0 unspecified atom stereocenters. The number of carboxylic acid groups (broad SMARTS) is 1. The molecule has 88 valence electrons. The number of anilines is 2. The molecule has 0 aliphatic heterocycles. The van der Waals surface area contributed by atoms with Crippen LogP contribution in [0.3, 0.4) is 0 Å². The van der Waals surface area contributed by atoms with Crippen LogP contribution in [0.1, 0.15) is 21.6 Å². The third kappa shape index (κ3) is 2.62. The van der Waals surface area contributed by atoms with Gasteiger partial charge in [0.15, 0.2) is 10.8 Å². The normalized spacial score (nSPS) is 10.2. The van der Waals surface area contributed by atoms with E-state index in [1.807, 2.05) is 26.0 Å². The summed E-state index contributed by atoms with van der Waals surface area (Å²) >= 11 is 1.28. The molecule has 17 heavy (non-hydrogen) atoms. The summed E-state index contributed by atoms with van der Waals surface area (Å²) in [6, 6.07) is 6.03. The van der Waals surface area contributed by atoms with Gasteiger partial charge >= 0.3 is 5.97 Å². The Morgan fingerprint density at radius 1 is 1.41 bits per heavy atom. The Kier molecular flexibility index (Phi) is 3.10. The van der Waals surface area contributed by atoms with Crippen LogP contribution in [0, 0.1) is 13.8 Å². The van der Waals surface area contributed by atoms with Gasteiger partial charge in [0.05, 0.1) is 0 Å². The van der Waals surface area contributed by atoms with Crippen molar-refractivity contribution in [1.82, 2.24) is 4.98 Å². The molecule has 0 amide bonds. The predicted molar refractivity (Wildman–Crippen MR) is 68.3 cm³/mol. The van der Waals surface area contributed by atoms with E-state index < -0.39 is 5.97 Å². The van der Waals surface area contributed by atoms with Crippen molar-refractivity contribution < 1.29 is 9.90 Å². The Morgan fingerprint density at radius 3 is 2.76 bits per heavy atom. The van der Waals surface area contributed by atoms with Crippen molar-refractivity contribution in [3.05, 3.63) is 40.4 Å². The van der Waals surface area contributed by atoms with Crippen LogP contribution in [0.2, 0.25) is 0 Å². The highest BCUT2D eigenvalue weighted by molar-refractivity contribution is 7.14. The number of hydrogen-bond acceptors (Lipinski definition) is 4. The van der Waals surface area contributed by atoms with E-state index in [4.69, 9.17) is 5.11 Å². The maximum Gasteiger partial charge on any atom is 0.355 e. The summed E-state index contributed by atoms with van der Waals surface area (Å²) in [5.41, 5.74) is 3.32. The van der Waals surface area contributed by atoms with Gasteiger partial charge < -0.3 is 10.4 Å². The number of aromatic nitrogens is 1. The molecule has 2 aromatic rings. The van der Waals surface area contributed by atoms with Crippen molar-refractivity contribution in [2.45, 2.75) is 13.8 Å². The zero-order valence-electron chi connectivity index (χ0n) is 9.52. The Hall–Kier alpha value is -1.88. The third-order valence-electron chi connectivity index (χ3n) is 2.35. The number of hydrogen-bond donors (Lipinski definition) is 2. The Bertz CT molecular complexity index is 563. The summed E-state index contributed by atoms with van der Waals surface area (Å²) < 4.78 is 0. The van der Waals surface area contributed by atoms with Crippen LogP contribution >= 0.6 is 11.3 Å². The maximum absolute atomic E-state index is 10.7. The highest BCUT2D eigenvalue weighted by Gasteiger charge is 2.09. The Balaban J connectivity index is 2.22. The second-order valence-corrected chi connectivity index (χ2v) is 4.64. The summed E-state index contributed by atoms with van der Waals surface area (Å²) in [6.45, 7) is 4.03. The predicted octanol–water partition coefficient (Wildman–Crippen LogP) is 3.20. The lowest BCUT2D eigenvalue weighted by atomic mass is 10.1. The average molecular weight is 248 g/mol. The molecule has 1 heterocycles. The quantitative estimate of drug-likeness (QED) is 0.875. The fourth-order valence-electron chi connectivity index (χ4n) is 1.50. The van der Waals surface area contributed by atoms with Crippen LogP contribution in [-0.2, 0) is 0 Å². The minimum Gasteiger partial charge on any atom is -0.476 e. The minimum absolute atomic E-state index is 0.0715. The molecule has 1 aromatic heterocycles. The molecule has 0 bridgehead atoms. The van der Waals surface area contributed by atoms with E-state index in [9.17, 15) is 4.79 Å². The molecule has 0 spiro atoms. The van der Waals surface area contributed by atoms with Gasteiger partial charge in [0.25, 0.3) is 0 Å². The van der Waals surface area contributed by atoms with Gasteiger partial charge in [0.2, 0.25) is 0 Å². The molecule has 2 N–H and O–H groups in total. The van der Waals surface area contributed by atoms with E-state index in [0.29, 0.717) is 5.13 Å². The summed E-state index contributed by atoms with van der Waals surface area (Å²) in [4.78, 5) is 14.7. The number of benzene rings is 1. The molecule has 2 rings (SSSR count). The molecule has 4 nitrogen and oxygen atoms in total. The lowest BCUT2D eigenvalue weighted by Crippen LogP contribution is -1.98. The number of rotatable bonds is 3. The number of aryl methyl sites for hydroxylation is 2. The van der Waals surface area contributed by atoms with Crippen LogP contribution in [-0.4, -0.2) is 16.1 Å². The average Bonchev–Trinajstić information content (AvgIpc) is 2.71. The standard InChI is InChI=1S/C12H12N2O2S/c1-7-3-4-9(8(2)5-7)13-12-14-10(6-17-12)11(15)16/h3-6H,1-2H3,(H,13,14)(H,15,16). The summed E-state index contributed by atoms with van der Waals surface area (Å²) in [5.74, 6) is -1.00. The second-order valence-electron chi connectivity index (χ2n) is 3.79. The van der Waals surface area contributed by atoms with Crippen molar-refractivity contribution in [3.8, 4) is 0 Å². The molecule has 0 aliphatic rings. The lowest BCUT2D eigenvalue weighted by molar-refractivity contribution is 0.0691. The Morgan fingerprint density at radius 2 is 2.18 bits per heavy atom. The first-order valence-electron chi connectivity index (χ1n) is 5.09. The highest BCUT2D eigenvalue weighted by Crippen LogP contribution is 2.24. The van der Waals surface area contributed by atoms with Crippen LogP contribution in [0.5, 0.6) is 0 Å². The monoisotopic (exact) mass is 248 g/mol. The lowest BCUT2D eigenvalue weighted by Gasteiger charge is -2.07. The van der Waals surface area contributed by atoms with Crippen LogP contribution in [0.15, 0.2) is 23.6 Å². The molecule has 0 radical (unpaired) electrons. The Labute approximate surface area is 103 Å². The van der Waals surface area contributed by atoms with Crippen molar-refractivity contribution in [1.29, 1.82) is 0 Å². The van der Waals surface area contributed by atoms with Gasteiger partial charge in [-0.1, -0.05) is 17.7 Å². The fraction of sp³-hybridized carbons (Fsp3) is 0.167. The number of aromatic carboxylic acids is 1. The number of carbonyl (C=O) groups is 1. The molecular weight excluding hydrogens is 236 g/mol. The molecule has 0 fully saturated rings. The van der Waals surface area contributed by atoms with Gasteiger partial charge in [-0.05, 0) is 25.5 Å². The first kappa shape index (κ1) is 11.6. The molecule has 5 heteroatoms. The number of thiazole rings is 1. The second kappa shape index (κ2) is 4.55. The molecule has 1 aromatic carbocycles. The largest absolute Gasteiger partial charge is 0.476 e. The molecule has 0 atom stereocenters. The molecule has 0 aliphatic carbocycles. The molecular formula is C12H12N2O2S. The smallest absolute Gasteiger partial charge is 0.355 e. The summed E-state index contributed by atoms with van der Waals surface area (Å²) in [6.07, 6.45) is 0. The SMILES string of the molecule is Cc1ccc(Nc2nc(C(=O)O)cs2)c(C)c1. The van der Waals surface area contributed by atoms with Crippen LogP contribution < -0.4 is 5.32 Å². The number of nitrogens with zero attached hydrogens (tertiary/aromatic N) is 1. The van der Waals surface area contributed by atoms with Gasteiger partial charge in [0, 0.05) is 11.1 Å². The summed E-state index contributed by atoms with van der Waals surface area (Å²) in [7, 11) is 0. The summed E-state index contributed by atoms with van der Waals surface area (Å²) in [5, 5.41) is 14.0. The van der Waals surface area contributed by atoms with Crippen molar-refractivity contribution in [2.24, 2.45) is 0 Å². The van der Waals surface area contributed by atoms with E-state index in [-0.39, 0.29) is 5.69 Å². The van der Waals surface area contributed by atoms with E-state index in [2.05, 4.69) is 16.4 Å². The molecule has 0 saturated carbocycles. The first-order valence-corrected chi connectivity index (χ1v) is 5.97. The van der Waals surface area contributed by atoms with Crippen LogP contribution in [0.25, 0.3) is 0 Å². The van der Waals surface area contributed by atoms with Gasteiger partial charge in [-0.2, -0.15) is 0 Å². The minimum atomic E-state index is -1.00. The fourth-order valence-corrected chi connectivity index (χ4v) is 2.20. The molecule has 0 saturated heterocycles. The highest BCUT2D eigenvalue weighted by atomic mass is 32.1. The van der Waals surface area contributed by atoms with E-state index in [1.54, 1.807) is 0 Å². The van der Waals surface area contributed by atoms with Crippen molar-refractivity contribution in [3.63, 3.8) is 0 Å². The zero-order chi connectivity index (χ0) is 12.4. The van der Waals surface area contributed by atoms with Gasteiger partial charge in [-0.25, -0.2) is 9.78 Å². The van der Waals surface area contributed by atoms with Gasteiger partial charge in [-0.15, -0.1) is 11.3 Å². The number of carboxylic acids is 1. The van der Waals surface area contributed by atoms with Gasteiger partial charge in [-0.3, -0.25) is 0 Å². The van der Waals surface area contributed by atoms with E-state index in [1.165, 1.54) is 22.3 Å². The van der Waals surface area contributed by atoms with E-state index in [0.717, 1.165) is 11.3 Å². The third-order valence-corrected chi connectivity index (χ3v) is 3.10. The maximum atomic E-state index is 10.7. The van der Waals surface area contributed by atoms with Gasteiger partial charge in [0.1, 0.15) is 0 Å². The van der Waals surface area contributed by atoms with Crippen molar-refractivity contribution in [2.75, 3.05) is 5.32 Å². The number of nitrogens with one attached hydrogen (secondary N) is 1. The zero-order valence-corrected chi connectivity index (χ0v) is 10.3. The van der Waals surface area contributed by atoms with E-state index >= 15 is 0 Å². The van der Waals surface area contributed by atoms with Crippen molar-refractivity contribution >= 4 is 28.1 Å². The topological polar surface area (TPSA) is 62.2 Å². The van der Waals surface area contributed by atoms with Crippen LogP contribution in [0.4, 0.5) is 10.8 Å². The first-order chi connectivity index (χ1) is 8.06.